The van der Waals surface area contributed by atoms with E-state index in [0.29, 0.717) is 0 Å². The number of hydrogen-bond donors (Lipinski definition) is 0. The molecule has 19 heavy (non-hydrogen) atoms. The highest BCUT2D eigenvalue weighted by molar-refractivity contribution is 9.09. The van der Waals surface area contributed by atoms with Crippen LogP contribution in [0.5, 0.6) is 0 Å². The Morgan fingerprint density at radius 2 is 2.16 bits per heavy atom. The molecule has 3 nitrogen and oxygen atoms in total. The average molecular weight is 340 g/mol. The molecule has 2 aromatic rings. The van der Waals surface area contributed by atoms with Crippen molar-refractivity contribution in [3.8, 4) is 0 Å². The number of anilines is 1. The van der Waals surface area contributed by atoms with E-state index in [0.717, 1.165) is 35.0 Å². The molecule has 2 aromatic heterocycles. The molecule has 5 heteroatoms. The maximum atomic E-state index is 4.55. The first-order chi connectivity index (χ1) is 9.29. The first kappa shape index (κ1) is 13.3. The first-order valence-electron chi connectivity index (χ1n) is 6.79. The van der Waals surface area contributed by atoms with Gasteiger partial charge in [0, 0.05) is 18.4 Å². The lowest BCUT2D eigenvalue weighted by atomic mass is 9.94. The van der Waals surface area contributed by atoms with E-state index in [1.807, 2.05) is 0 Å². The Morgan fingerprint density at radius 3 is 2.89 bits per heavy atom. The van der Waals surface area contributed by atoms with Crippen LogP contribution >= 0.6 is 27.3 Å². The molecule has 0 bridgehead atoms. The van der Waals surface area contributed by atoms with Gasteiger partial charge in [-0.15, -0.1) is 11.3 Å². The molecule has 0 aliphatic carbocycles. The van der Waals surface area contributed by atoms with Crippen molar-refractivity contribution in [1.29, 1.82) is 0 Å². The Bertz CT molecular complexity index is 561. The number of aromatic nitrogens is 2. The highest BCUT2D eigenvalue weighted by Crippen LogP contribution is 2.33. The zero-order valence-electron chi connectivity index (χ0n) is 11.1. The second kappa shape index (κ2) is 5.75. The van der Waals surface area contributed by atoms with E-state index in [1.54, 1.807) is 17.7 Å². The van der Waals surface area contributed by atoms with Crippen LogP contribution in [0.4, 0.5) is 5.82 Å². The van der Waals surface area contributed by atoms with Gasteiger partial charge in [-0.3, -0.25) is 0 Å². The highest BCUT2D eigenvalue weighted by atomic mass is 79.9. The van der Waals surface area contributed by atoms with Crippen molar-refractivity contribution in [2.75, 3.05) is 23.3 Å². The largest absolute Gasteiger partial charge is 0.356 e. The van der Waals surface area contributed by atoms with E-state index in [4.69, 9.17) is 0 Å². The van der Waals surface area contributed by atoms with Crippen molar-refractivity contribution in [3.05, 3.63) is 17.3 Å². The van der Waals surface area contributed by atoms with Gasteiger partial charge in [0.2, 0.25) is 0 Å². The third kappa shape index (κ3) is 2.63. The molecule has 1 saturated heterocycles. The van der Waals surface area contributed by atoms with Gasteiger partial charge in [0.1, 0.15) is 17.0 Å². The Labute approximate surface area is 126 Å². The lowest BCUT2D eigenvalue weighted by Gasteiger charge is -2.33. The molecule has 0 unspecified atom stereocenters. The molecule has 0 spiro atoms. The van der Waals surface area contributed by atoms with Crippen molar-refractivity contribution in [2.45, 2.75) is 26.2 Å². The van der Waals surface area contributed by atoms with Crippen LogP contribution in [-0.4, -0.2) is 28.4 Å². The second-order valence-corrected chi connectivity index (χ2v) is 6.86. The molecule has 0 aromatic carbocycles. The number of alkyl halides is 1. The second-order valence-electron chi connectivity index (χ2n) is 5.20. The van der Waals surface area contributed by atoms with Gasteiger partial charge in [-0.05, 0) is 43.0 Å². The van der Waals surface area contributed by atoms with Gasteiger partial charge in [-0.25, -0.2) is 9.97 Å². The molecule has 1 fully saturated rings. The number of fused-ring (bicyclic) bond motifs is 1. The standard InChI is InChI=1S/C14H18BrN3S/c1-10-8-19-14-12(10)13(16-9-17-14)18-6-3-11(2-5-15)4-7-18/h8-9,11H,2-7H2,1H3. The molecule has 0 amide bonds. The summed E-state index contributed by atoms with van der Waals surface area (Å²) in [7, 11) is 0. The van der Waals surface area contributed by atoms with Crippen molar-refractivity contribution >= 4 is 43.3 Å². The maximum Gasteiger partial charge on any atom is 0.141 e. The number of nitrogens with zero attached hydrogens (tertiary/aromatic N) is 3. The minimum atomic E-state index is 0.872. The predicted molar refractivity (Wildman–Crippen MR) is 85.5 cm³/mol. The van der Waals surface area contributed by atoms with E-state index in [9.17, 15) is 0 Å². The molecular weight excluding hydrogens is 322 g/mol. The van der Waals surface area contributed by atoms with Crippen LogP contribution in [0.2, 0.25) is 0 Å². The van der Waals surface area contributed by atoms with Gasteiger partial charge in [-0.1, -0.05) is 15.9 Å². The fourth-order valence-corrected chi connectivity index (χ4v) is 4.36. The first-order valence-corrected chi connectivity index (χ1v) is 8.79. The van der Waals surface area contributed by atoms with Gasteiger partial charge < -0.3 is 4.90 Å². The Kier molecular flexibility index (Phi) is 4.03. The Balaban J connectivity index is 1.84. The van der Waals surface area contributed by atoms with Crippen molar-refractivity contribution in [1.82, 2.24) is 9.97 Å². The number of halogens is 1. The van der Waals surface area contributed by atoms with Crippen LogP contribution < -0.4 is 4.90 Å². The summed E-state index contributed by atoms with van der Waals surface area (Å²) in [6, 6.07) is 0. The predicted octanol–water partition coefficient (Wildman–Crippen LogP) is 4.00. The molecule has 0 N–H and O–H groups in total. The van der Waals surface area contributed by atoms with Crippen molar-refractivity contribution in [2.24, 2.45) is 5.92 Å². The number of piperidine rings is 1. The van der Waals surface area contributed by atoms with Gasteiger partial charge in [0.05, 0.1) is 5.39 Å². The van der Waals surface area contributed by atoms with Gasteiger partial charge in [-0.2, -0.15) is 0 Å². The molecular formula is C14H18BrN3S. The summed E-state index contributed by atoms with van der Waals surface area (Å²) in [4.78, 5) is 12.5. The number of rotatable bonds is 3. The molecule has 0 radical (unpaired) electrons. The quantitative estimate of drug-likeness (QED) is 0.791. The fourth-order valence-electron chi connectivity index (χ4n) is 2.83. The zero-order chi connectivity index (χ0) is 13.2. The monoisotopic (exact) mass is 339 g/mol. The number of thiophene rings is 1. The smallest absolute Gasteiger partial charge is 0.141 e. The lowest BCUT2D eigenvalue weighted by molar-refractivity contribution is 0.397. The lowest BCUT2D eigenvalue weighted by Crippen LogP contribution is -2.34. The highest BCUT2D eigenvalue weighted by Gasteiger charge is 2.22. The van der Waals surface area contributed by atoms with Crippen molar-refractivity contribution in [3.63, 3.8) is 0 Å². The van der Waals surface area contributed by atoms with Crippen LogP contribution in [0.1, 0.15) is 24.8 Å². The van der Waals surface area contributed by atoms with Gasteiger partial charge in [0.15, 0.2) is 0 Å². The van der Waals surface area contributed by atoms with E-state index in [-0.39, 0.29) is 0 Å². The molecule has 1 aliphatic heterocycles. The molecule has 102 valence electrons. The van der Waals surface area contributed by atoms with Crippen LogP contribution in [-0.2, 0) is 0 Å². The summed E-state index contributed by atoms with van der Waals surface area (Å²) in [6.07, 6.45) is 5.56. The van der Waals surface area contributed by atoms with Crippen LogP contribution in [0, 0.1) is 12.8 Å². The van der Waals surface area contributed by atoms with E-state index in [1.165, 1.54) is 30.2 Å². The average Bonchev–Trinajstić information content (AvgIpc) is 2.82. The van der Waals surface area contributed by atoms with Gasteiger partial charge >= 0.3 is 0 Å². The minimum Gasteiger partial charge on any atom is -0.356 e. The van der Waals surface area contributed by atoms with Crippen LogP contribution in [0.3, 0.4) is 0 Å². The van der Waals surface area contributed by atoms with Crippen LogP contribution in [0.25, 0.3) is 10.2 Å². The summed E-state index contributed by atoms with van der Waals surface area (Å²) in [5.74, 6) is 2.01. The Morgan fingerprint density at radius 1 is 1.37 bits per heavy atom. The summed E-state index contributed by atoms with van der Waals surface area (Å²) in [6.45, 7) is 4.40. The van der Waals surface area contributed by atoms with E-state index < -0.39 is 0 Å². The summed E-state index contributed by atoms with van der Waals surface area (Å²) >= 11 is 5.27. The van der Waals surface area contributed by atoms with E-state index >= 15 is 0 Å². The molecule has 0 atom stereocenters. The van der Waals surface area contributed by atoms with Crippen molar-refractivity contribution < 1.29 is 0 Å². The molecule has 3 heterocycles. The Hall–Kier alpha value is -0.680. The summed E-state index contributed by atoms with van der Waals surface area (Å²) in [5, 5.41) is 4.56. The SMILES string of the molecule is Cc1csc2ncnc(N3CCC(CCBr)CC3)c12. The van der Waals surface area contributed by atoms with Crippen LogP contribution in [0.15, 0.2) is 11.7 Å². The molecule has 0 saturated carbocycles. The zero-order valence-corrected chi connectivity index (χ0v) is 13.5. The topological polar surface area (TPSA) is 29.0 Å². The number of aryl methyl sites for hydroxylation is 1. The normalized spacial score (nSPS) is 17.3. The summed E-state index contributed by atoms with van der Waals surface area (Å²) in [5.41, 5.74) is 1.30. The number of hydrogen-bond acceptors (Lipinski definition) is 4. The summed E-state index contributed by atoms with van der Waals surface area (Å²) < 4.78 is 0. The third-order valence-corrected chi connectivity index (χ3v) is 5.43. The maximum absolute atomic E-state index is 4.55. The minimum absolute atomic E-state index is 0.872. The fraction of sp³-hybridized carbons (Fsp3) is 0.571. The van der Waals surface area contributed by atoms with Gasteiger partial charge in [0.25, 0.3) is 0 Å². The third-order valence-electron chi connectivity index (χ3n) is 3.97. The molecule has 1 aliphatic rings. The van der Waals surface area contributed by atoms with E-state index in [2.05, 4.69) is 43.1 Å². The molecule has 3 rings (SSSR count).